The zero-order chi connectivity index (χ0) is 9.35. The highest BCUT2D eigenvalue weighted by molar-refractivity contribution is 9.09. The molecule has 0 atom stereocenters. The van der Waals surface area contributed by atoms with Crippen LogP contribution in [0.1, 0.15) is 16.5 Å². The molecule has 0 bridgehead atoms. The van der Waals surface area contributed by atoms with Gasteiger partial charge < -0.3 is 9.63 Å². The van der Waals surface area contributed by atoms with Crippen LogP contribution in [0.25, 0.3) is 0 Å². The maximum absolute atomic E-state index is 12.3. The Balaban J connectivity index is 3.00. The smallest absolute Gasteiger partial charge is 0.378 e. The minimum absolute atomic E-state index is 0.802. The summed E-state index contributed by atoms with van der Waals surface area (Å²) in [5.41, 5.74) is 0. The monoisotopic (exact) mass is 242 g/mol. The van der Waals surface area contributed by atoms with Gasteiger partial charge in [0.05, 0.1) is 0 Å². The van der Waals surface area contributed by atoms with Crippen LogP contribution < -0.4 is 0 Å². The van der Waals surface area contributed by atoms with E-state index in [-0.39, 0.29) is 0 Å². The van der Waals surface area contributed by atoms with Crippen molar-refractivity contribution in [3.63, 3.8) is 0 Å². The van der Waals surface area contributed by atoms with E-state index in [1.807, 2.05) is 15.9 Å². The first-order valence-corrected chi connectivity index (χ1v) is 3.35. The number of nitrogens with zero attached hydrogens (tertiary/aromatic N) is 2. The van der Waals surface area contributed by atoms with Crippen LogP contribution in [0.2, 0.25) is 0 Å². The Morgan fingerprint density at radius 2 is 2.25 bits per heavy atom. The van der Waals surface area contributed by atoms with Crippen LogP contribution in [0.3, 0.4) is 0 Å². The average Bonchev–Trinajstić information content (AvgIpc) is 2.30. The molecule has 0 aliphatic rings. The van der Waals surface area contributed by atoms with Gasteiger partial charge in [-0.15, -0.1) is 0 Å². The molecule has 66 valence electrons. The lowest BCUT2D eigenvalue weighted by Crippen LogP contribution is -2.04. The maximum Gasteiger partial charge on any atom is 0.378 e. The second-order valence-electron chi connectivity index (χ2n) is 1.73. The molecule has 0 unspecified atom stereocenters. The number of aromatic nitrogens is 2. The molecule has 1 aromatic rings. The summed E-state index contributed by atoms with van der Waals surface area (Å²) < 4.78 is 28.5. The summed E-state index contributed by atoms with van der Waals surface area (Å²) in [7, 11) is 0. The largest absolute Gasteiger partial charge is 0.475 e. The first-order chi connectivity index (χ1) is 5.41. The number of hydrogen-bond acceptors (Lipinski definition) is 4. The van der Waals surface area contributed by atoms with Gasteiger partial charge >= 0.3 is 16.7 Å². The number of carboxylic acids is 1. The van der Waals surface area contributed by atoms with E-state index in [4.69, 9.17) is 5.11 Å². The molecule has 0 aliphatic heterocycles. The van der Waals surface area contributed by atoms with Gasteiger partial charge in [0, 0.05) is 15.9 Å². The van der Waals surface area contributed by atoms with Crippen LogP contribution in [0.5, 0.6) is 0 Å². The summed E-state index contributed by atoms with van der Waals surface area (Å²) in [6, 6.07) is 0. The van der Waals surface area contributed by atoms with E-state index in [1.54, 1.807) is 0 Å². The molecule has 0 radical (unpaired) electrons. The Morgan fingerprint density at radius 3 is 2.50 bits per heavy atom. The van der Waals surface area contributed by atoms with Gasteiger partial charge in [-0.1, -0.05) is 0 Å². The molecule has 0 amide bonds. The Kier molecular flexibility index (Phi) is 2.09. The highest BCUT2D eigenvalue weighted by atomic mass is 79.9. The molecule has 0 aliphatic carbocycles. The molecule has 0 aromatic carbocycles. The lowest BCUT2D eigenvalue weighted by molar-refractivity contribution is 0.0675. The molecule has 5 nitrogen and oxygen atoms in total. The van der Waals surface area contributed by atoms with Crippen molar-refractivity contribution in [2.24, 2.45) is 0 Å². The van der Waals surface area contributed by atoms with Gasteiger partial charge in [0.2, 0.25) is 0 Å². The van der Waals surface area contributed by atoms with Gasteiger partial charge in [0.1, 0.15) is 0 Å². The van der Waals surface area contributed by atoms with E-state index in [0.29, 0.717) is 0 Å². The molecule has 0 saturated heterocycles. The van der Waals surface area contributed by atoms with E-state index >= 15 is 0 Å². The van der Waals surface area contributed by atoms with E-state index in [1.165, 1.54) is 0 Å². The Labute approximate surface area is 72.5 Å². The molecule has 0 fully saturated rings. The summed E-state index contributed by atoms with van der Waals surface area (Å²) in [5, 5.41) is 11.0. The lowest BCUT2D eigenvalue weighted by Gasteiger charge is -1.97. The van der Waals surface area contributed by atoms with E-state index < -0.39 is 22.5 Å². The lowest BCUT2D eigenvalue weighted by atomic mass is 10.6. The Bertz CT molecular complexity index is 307. The van der Waals surface area contributed by atoms with Crippen molar-refractivity contribution in [3.05, 3.63) is 11.7 Å². The van der Waals surface area contributed by atoms with E-state index in [0.717, 1.165) is 0 Å². The first-order valence-electron chi connectivity index (χ1n) is 2.55. The number of carbonyl (C=O) groups is 1. The van der Waals surface area contributed by atoms with Crippen molar-refractivity contribution < 1.29 is 23.2 Å². The third-order valence-electron chi connectivity index (χ3n) is 0.860. The second-order valence-corrected chi connectivity index (χ2v) is 2.72. The van der Waals surface area contributed by atoms with Crippen LogP contribution in [0.4, 0.5) is 8.78 Å². The van der Waals surface area contributed by atoms with Crippen molar-refractivity contribution in [1.29, 1.82) is 0 Å². The molecule has 1 heterocycles. The first kappa shape index (κ1) is 9.04. The summed E-state index contributed by atoms with van der Waals surface area (Å²) in [5.74, 6) is -3.41. The molecule has 8 heteroatoms. The molecule has 1 aromatic heterocycles. The number of aromatic carboxylic acids is 1. The van der Waals surface area contributed by atoms with Crippen LogP contribution in [-0.2, 0) is 4.83 Å². The Hall–Kier alpha value is -1.05. The zero-order valence-corrected chi connectivity index (χ0v) is 6.88. The van der Waals surface area contributed by atoms with Gasteiger partial charge in [-0.3, -0.25) is 0 Å². The van der Waals surface area contributed by atoms with Crippen molar-refractivity contribution >= 4 is 21.9 Å². The SMILES string of the molecule is O=C(O)c1noc(C(F)(F)Br)n1. The van der Waals surface area contributed by atoms with Gasteiger partial charge in [0.25, 0.3) is 5.82 Å². The van der Waals surface area contributed by atoms with Crippen molar-refractivity contribution in [1.82, 2.24) is 10.1 Å². The molecule has 12 heavy (non-hydrogen) atoms. The fourth-order valence-corrected chi connectivity index (χ4v) is 0.587. The summed E-state index contributed by atoms with van der Waals surface area (Å²) in [6.07, 6.45) is 0. The van der Waals surface area contributed by atoms with Gasteiger partial charge in [-0.05, 0) is 5.16 Å². The molecular weight excluding hydrogens is 242 g/mol. The zero-order valence-electron chi connectivity index (χ0n) is 5.29. The highest BCUT2D eigenvalue weighted by Gasteiger charge is 2.35. The van der Waals surface area contributed by atoms with Crippen molar-refractivity contribution in [2.45, 2.75) is 4.83 Å². The summed E-state index contributed by atoms with van der Waals surface area (Å²) in [6.45, 7) is 0. The second kappa shape index (κ2) is 2.77. The van der Waals surface area contributed by atoms with Crippen LogP contribution >= 0.6 is 15.9 Å². The predicted octanol–water partition coefficient (Wildman–Crippen LogP) is 1.21. The molecule has 0 spiro atoms. The van der Waals surface area contributed by atoms with Crippen LogP contribution in [0, 0.1) is 0 Å². The number of carboxylic acid groups (broad SMARTS) is 1. The average molecular weight is 243 g/mol. The predicted molar refractivity (Wildman–Crippen MR) is 34.1 cm³/mol. The van der Waals surface area contributed by atoms with Gasteiger partial charge in [-0.2, -0.15) is 13.8 Å². The minimum Gasteiger partial charge on any atom is -0.475 e. The third-order valence-corrected chi connectivity index (χ3v) is 1.20. The van der Waals surface area contributed by atoms with Crippen LogP contribution in [0.15, 0.2) is 4.52 Å². The van der Waals surface area contributed by atoms with Gasteiger partial charge in [-0.25, -0.2) is 4.79 Å². The molecule has 0 saturated carbocycles. The van der Waals surface area contributed by atoms with Gasteiger partial charge in [0.15, 0.2) is 0 Å². The van der Waals surface area contributed by atoms with Crippen LogP contribution in [-0.4, -0.2) is 21.2 Å². The van der Waals surface area contributed by atoms with E-state index in [2.05, 4.69) is 14.7 Å². The molecule has 1 rings (SSSR count). The highest BCUT2D eigenvalue weighted by Crippen LogP contribution is 2.32. The maximum atomic E-state index is 12.3. The third kappa shape index (κ3) is 1.76. The fraction of sp³-hybridized carbons (Fsp3) is 0.250. The number of alkyl halides is 3. The summed E-state index contributed by atoms with van der Waals surface area (Å²) >= 11 is 1.93. The van der Waals surface area contributed by atoms with E-state index in [9.17, 15) is 13.6 Å². The summed E-state index contributed by atoms with van der Waals surface area (Å²) in [4.78, 5) is 9.51. The normalized spacial score (nSPS) is 11.6. The quantitative estimate of drug-likeness (QED) is 0.790. The number of hydrogen-bond donors (Lipinski definition) is 1. The minimum atomic E-state index is -3.49. The Morgan fingerprint density at radius 1 is 1.67 bits per heavy atom. The standard InChI is InChI=1S/C4HBrF2N2O3/c5-4(6,7)3-8-1(2(10)11)9-12-3/h(H,10,11). The molecule has 1 N–H and O–H groups in total. The topological polar surface area (TPSA) is 76.2 Å². The molecular formula is C4HBrF2N2O3. The number of halogens is 3. The number of rotatable bonds is 2. The van der Waals surface area contributed by atoms with Crippen molar-refractivity contribution in [2.75, 3.05) is 0 Å². The fourth-order valence-electron chi connectivity index (χ4n) is 0.425. The van der Waals surface area contributed by atoms with Crippen molar-refractivity contribution in [3.8, 4) is 0 Å².